The summed E-state index contributed by atoms with van der Waals surface area (Å²) in [5.41, 5.74) is 6.82. The van der Waals surface area contributed by atoms with Gasteiger partial charge in [-0.25, -0.2) is 0 Å². The van der Waals surface area contributed by atoms with Crippen LogP contribution >= 0.6 is 11.6 Å². The molecule has 1 aliphatic carbocycles. The van der Waals surface area contributed by atoms with Crippen LogP contribution in [0.5, 0.6) is 0 Å². The summed E-state index contributed by atoms with van der Waals surface area (Å²) in [5, 5.41) is 0.0931. The van der Waals surface area contributed by atoms with Gasteiger partial charge in [-0.05, 0) is 75.4 Å². The summed E-state index contributed by atoms with van der Waals surface area (Å²) in [6.45, 7) is 9.77. The van der Waals surface area contributed by atoms with Crippen molar-refractivity contribution in [1.29, 1.82) is 0 Å². The highest BCUT2D eigenvalue weighted by Crippen LogP contribution is 2.33. The first-order valence-corrected chi connectivity index (χ1v) is 8.77. The van der Waals surface area contributed by atoms with Crippen LogP contribution in [0.4, 0.5) is 0 Å². The Morgan fingerprint density at radius 1 is 1.05 bits per heavy atom. The summed E-state index contributed by atoms with van der Waals surface area (Å²) in [7, 11) is 2.25. The molecular formula is C19H30ClN. The number of halogens is 1. The molecule has 0 heterocycles. The van der Waals surface area contributed by atoms with E-state index in [1.165, 1.54) is 59.9 Å². The minimum atomic E-state index is 0.0931. The number of alkyl halides is 1. The van der Waals surface area contributed by atoms with Crippen LogP contribution in [0.25, 0.3) is 0 Å². The molecule has 1 saturated carbocycles. The number of hydrogen-bond acceptors (Lipinski definition) is 1. The van der Waals surface area contributed by atoms with Gasteiger partial charge in [0.05, 0.1) is 5.38 Å². The molecule has 1 nitrogen and oxygen atoms in total. The van der Waals surface area contributed by atoms with Crippen molar-refractivity contribution in [3.05, 3.63) is 33.9 Å². The minimum Gasteiger partial charge on any atom is -0.302 e. The van der Waals surface area contributed by atoms with Gasteiger partial charge in [0.2, 0.25) is 0 Å². The molecule has 1 atom stereocenters. The Balaban J connectivity index is 2.14. The third kappa shape index (κ3) is 3.81. The van der Waals surface area contributed by atoms with Crippen molar-refractivity contribution >= 4 is 11.6 Å². The first-order chi connectivity index (χ1) is 9.91. The van der Waals surface area contributed by atoms with E-state index in [-0.39, 0.29) is 5.38 Å². The van der Waals surface area contributed by atoms with Gasteiger partial charge < -0.3 is 4.90 Å². The molecule has 0 bridgehead atoms. The van der Waals surface area contributed by atoms with Crippen LogP contribution in [0, 0.1) is 27.7 Å². The van der Waals surface area contributed by atoms with E-state index in [0.717, 1.165) is 12.6 Å². The Kier molecular flexibility index (Phi) is 5.73. The van der Waals surface area contributed by atoms with E-state index in [9.17, 15) is 0 Å². The fraction of sp³-hybridized carbons (Fsp3) is 0.684. The van der Waals surface area contributed by atoms with Crippen molar-refractivity contribution in [2.45, 2.75) is 71.2 Å². The summed E-state index contributed by atoms with van der Waals surface area (Å²) in [6.07, 6.45) is 6.84. The lowest BCUT2D eigenvalue weighted by atomic mass is 9.91. The van der Waals surface area contributed by atoms with Gasteiger partial charge in [-0.2, -0.15) is 0 Å². The number of nitrogens with zero attached hydrogens (tertiary/aromatic N) is 1. The van der Waals surface area contributed by atoms with E-state index in [0.29, 0.717) is 0 Å². The van der Waals surface area contributed by atoms with Crippen molar-refractivity contribution < 1.29 is 0 Å². The van der Waals surface area contributed by atoms with Gasteiger partial charge in [0.25, 0.3) is 0 Å². The zero-order valence-electron chi connectivity index (χ0n) is 14.3. The molecule has 0 aliphatic heterocycles. The fourth-order valence-corrected chi connectivity index (χ4v) is 4.28. The Labute approximate surface area is 135 Å². The van der Waals surface area contributed by atoms with E-state index < -0.39 is 0 Å². The molecule has 0 amide bonds. The molecule has 0 N–H and O–H groups in total. The molecule has 0 aromatic heterocycles. The summed E-state index contributed by atoms with van der Waals surface area (Å²) in [4.78, 5) is 2.49. The van der Waals surface area contributed by atoms with Gasteiger partial charge in [-0.15, -0.1) is 11.6 Å². The quantitative estimate of drug-likeness (QED) is 0.667. The predicted molar refractivity (Wildman–Crippen MR) is 93.5 cm³/mol. The lowest BCUT2D eigenvalue weighted by Gasteiger charge is -2.33. The molecule has 2 rings (SSSR count). The molecular weight excluding hydrogens is 278 g/mol. The highest BCUT2D eigenvalue weighted by Gasteiger charge is 2.23. The molecule has 0 saturated heterocycles. The Bertz CT molecular complexity index is 463. The van der Waals surface area contributed by atoms with Gasteiger partial charge in [-0.1, -0.05) is 25.3 Å². The molecule has 1 aliphatic rings. The van der Waals surface area contributed by atoms with E-state index in [1.54, 1.807) is 0 Å². The SMILES string of the molecule is Cc1cc(C)c(C)c(C(Cl)CN(C)C2CCCCC2)c1C. The smallest absolute Gasteiger partial charge is 0.0717 e. The van der Waals surface area contributed by atoms with Crippen molar-refractivity contribution in [2.75, 3.05) is 13.6 Å². The van der Waals surface area contributed by atoms with Gasteiger partial charge in [0, 0.05) is 12.6 Å². The third-order valence-electron chi connectivity index (χ3n) is 5.38. The molecule has 1 fully saturated rings. The zero-order chi connectivity index (χ0) is 15.6. The van der Waals surface area contributed by atoms with E-state index >= 15 is 0 Å². The van der Waals surface area contributed by atoms with Crippen LogP contribution in [-0.2, 0) is 0 Å². The minimum absolute atomic E-state index is 0.0931. The summed E-state index contributed by atoms with van der Waals surface area (Å²) in [6, 6.07) is 3.01. The van der Waals surface area contributed by atoms with E-state index in [2.05, 4.69) is 45.7 Å². The average Bonchev–Trinajstić information content (AvgIpc) is 2.46. The van der Waals surface area contributed by atoms with Crippen molar-refractivity contribution in [3.63, 3.8) is 0 Å². The van der Waals surface area contributed by atoms with Crippen molar-refractivity contribution in [1.82, 2.24) is 4.90 Å². The molecule has 0 radical (unpaired) electrons. The van der Waals surface area contributed by atoms with Gasteiger partial charge in [-0.3, -0.25) is 0 Å². The maximum atomic E-state index is 6.83. The number of rotatable bonds is 4. The van der Waals surface area contributed by atoms with Crippen molar-refractivity contribution in [2.24, 2.45) is 0 Å². The molecule has 2 heteroatoms. The Morgan fingerprint density at radius 3 is 2.10 bits per heavy atom. The number of hydrogen-bond donors (Lipinski definition) is 0. The first kappa shape index (κ1) is 16.8. The lowest BCUT2D eigenvalue weighted by molar-refractivity contribution is 0.191. The summed E-state index contributed by atoms with van der Waals surface area (Å²) < 4.78 is 0. The molecule has 1 unspecified atom stereocenters. The molecule has 1 aromatic carbocycles. The second-order valence-corrected chi connectivity index (χ2v) is 7.40. The Morgan fingerprint density at radius 2 is 1.57 bits per heavy atom. The van der Waals surface area contributed by atoms with Crippen LogP contribution in [0.3, 0.4) is 0 Å². The van der Waals surface area contributed by atoms with Crippen molar-refractivity contribution in [3.8, 4) is 0 Å². The average molecular weight is 308 g/mol. The Hall–Kier alpha value is -0.530. The maximum absolute atomic E-state index is 6.83. The van der Waals surface area contributed by atoms with Crippen LogP contribution in [0.1, 0.15) is 65.3 Å². The van der Waals surface area contributed by atoms with Crippen LogP contribution in [-0.4, -0.2) is 24.5 Å². The molecule has 118 valence electrons. The standard InChI is InChI=1S/C19H30ClN/c1-13-11-14(2)16(4)19(15(13)3)18(20)12-21(5)17-9-7-6-8-10-17/h11,17-18H,6-10,12H2,1-5H3. The number of likely N-dealkylation sites (N-methyl/N-ethyl adjacent to an activating group) is 1. The molecule has 1 aromatic rings. The maximum Gasteiger partial charge on any atom is 0.0717 e. The van der Waals surface area contributed by atoms with Crippen LogP contribution in [0.2, 0.25) is 0 Å². The second kappa shape index (κ2) is 7.15. The summed E-state index contributed by atoms with van der Waals surface area (Å²) in [5.74, 6) is 0. The lowest BCUT2D eigenvalue weighted by Crippen LogP contribution is -2.35. The highest BCUT2D eigenvalue weighted by atomic mass is 35.5. The van der Waals surface area contributed by atoms with Crippen LogP contribution < -0.4 is 0 Å². The van der Waals surface area contributed by atoms with Gasteiger partial charge in [0.1, 0.15) is 0 Å². The predicted octanol–water partition coefficient (Wildman–Crippen LogP) is 5.46. The number of benzene rings is 1. The van der Waals surface area contributed by atoms with Gasteiger partial charge >= 0.3 is 0 Å². The topological polar surface area (TPSA) is 3.24 Å². The summed E-state index contributed by atoms with van der Waals surface area (Å²) >= 11 is 6.83. The largest absolute Gasteiger partial charge is 0.302 e. The first-order valence-electron chi connectivity index (χ1n) is 8.33. The monoisotopic (exact) mass is 307 g/mol. The normalized spacial score (nSPS) is 18.2. The van der Waals surface area contributed by atoms with E-state index in [1.807, 2.05) is 0 Å². The molecule has 21 heavy (non-hydrogen) atoms. The number of aryl methyl sites for hydroxylation is 2. The molecule has 0 spiro atoms. The van der Waals surface area contributed by atoms with Gasteiger partial charge in [0.15, 0.2) is 0 Å². The second-order valence-electron chi connectivity index (χ2n) is 6.87. The highest BCUT2D eigenvalue weighted by molar-refractivity contribution is 6.21. The van der Waals surface area contributed by atoms with E-state index in [4.69, 9.17) is 11.6 Å². The van der Waals surface area contributed by atoms with Crippen LogP contribution in [0.15, 0.2) is 6.07 Å². The fourth-order valence-electron chi connectivity index (χ4n) is 3.73. The third-order valence-corrected chi connectivity index (χ3v) is 5.74. The zero-order valence-corrected chi connectivity index (χ0v) is 15.1.